The topological polar surface area (TPSA) is 143 Å². The average Bonchev–Trinajstić information content (AvgIpc) is 2.63. The first-order chi connectivity index (χ1) is 13.3. The molecule has 142 valence electrons. The molecule has 0 aliphatic rings. The van der Waals surface area contributed by atoms with Crippen molar-refractivity contribution in [3.05, 3.63) is 65.7 Å². The number of benzene rings is 3. The van der Waals surface area contributed by atoms with Crippen LogP contribution in [0.5, 0.6) is 28.7 Å². The van der Waals surface area contributed by atoms with E-state index in [0.29, 0.717) is 11.4 Å². The quantitative estimate of drug-likeness (QED) is 0.233. The summed E-state index contributed by atoms with van der Waals surface area (Å²) in [5.74, 6) is -2.22. The highest BCUT2D eigenvalue weighted by atomic mass is 16.3. The van der Waals surface area contributed by atoms with E-state index in [2.05, 4.69) is 10.3 Å². The number of anilines is 1. The lowest BCUT2D eigenvalue weighted by molar-refractivity contribution is 0.102. The molecule has 0 bridgehead atoms. The molecule has 0 aliphatic carbocycles. The van der Waals surface area contributed by atoms with Crippen molar-refractivity contribution in [1.82, 2.24) is 0 Å². The lowest BCUT2D eigenvalue weighted by Crippen LogP contribution is -2.11. The number of phenols is 5. The third-order valence-corrected chi connectivity index (χ3v) is 3.79. The van der Waals surface area contributed by atoms with Crippen LogP contribution in [0.3, 0.4) is 0 Å². The Labute approximate surface area is 159 Å². The summed E-state index contributed by atoms with van der Waals surface area (Å²) in [6.45, 7) is 0. The molecule has 0 radical (unpaired) electrons. The molecule has 0 atom stereocenters. The first-order valence-corrected chi connectivity index (χ1v) is 8.06. The maximum atomic E-state index is 12.3. The van der Waals surface area contributed by atoms with Gasteiger partial charge in [0, 0.05) is 29.6 Å². The van der Waals surface area contributed by atoms with Gasteiger partial charge in [0.1, 0.15) is 17.2 Å². The van der Waals surface area contributed by atoms with Crippen molar-refractivity contribution in [2.24, 2.45) is 4.99 Å². The number of nitrogens with zero attached hydrogens (tertiary/aromatic N) is 1. The van der Waals surface area contributed by atoms with Crippen molar-refractivity contribution in [2.75, 3.05) is 5.32 Å². The fraction of sp³-hybridized carbons (Fsp3) is 0. The monoisotopic (exact) mass is 380 g/mol. The van der Waals surface area contributed by atoms with Crippen LogP contribution in [0.15, 0.2) is 59.6 Å². The number of hydrogen-bond acceptors (Lipinski definition) is 7. The largest absolute Gasteiger partial charge is 0.508 e. The molecular weight excluding hydrogens is 364 g/mol. The minimum Gasteiger partial charge on any atom is -0.508 e. The molecule has 0 heterocycles. The van der Waals surface area contributed by atoms with Gasteiger partial charge in [0.25, 0.3) is 5.91 Å². The van der Waals surface area contributed by atoms with Crippen LogP contribution in [-0.4, -0.2) is 37.7 Å². The minimum atomic E-state index is -0.575. The number of aromatic hydroxyl groups is 5. The van der Waals surface area contributed by atoms with Gasteiger partial charge >= 0.3 is 0 Å². The van der Waals surface area contributed by atoms with Gasteiger partial charge in [-0.3, -0.25) is 9.79 Å². The molecule has 8 nitrogen and oxygen atoms in total. The van der Waals surface area contributed by atoms with Crippen LogP contribution >= 0.6 is 0 Å². The maximum Gasteiger partial charge on any atom is 0.259 e. The fourth-order valence-corrected chi connectivity index (χ4v) is 2.44. The van der Waals surface area contributed by atoms with Gasteiger partial charge in [-0.1, -0.05) is 6.07 Å². The van der Waals surface area contributed by atoms with Crippen LogP contribution in [0.4, 0.5) is 11.4 Å². The van der Waals surface area contributed by atoms with E-state index in [1.165, 1.54) is 24.4 Å². The number of amides is 1. The zero-order valence-corrected chi connectivity index (χ0v) is 14.4. The number of phenolic OH excluding ortho intramolecular Hbond substituents is 5. The smallest absolute Gasteiger partial charge is 0.259 e. The van der Waals surface area contributed by atoms with E-state index in [1.807, 2.05) is 0 Å². The Morgan fingerprint density at radius 2 is 1.61 bits per heavy atom. The molecule has 0 saturated carbocycles. The van der Waals surface area contributed by atoms with Gasteiger partial charge in [-0.05, 0) is 36.4 Å². The second kappa shape index (κ2) is 7.58. The number of hydrogen-bond donors (Lipinski definition) is 6. The number of rotatable bonds is 4. The van der Waals surface area contributed by atoms with Crippen LogP contribution in [0.1, 0.15) is 15.9 Å². The van der Waals surface area contributed by atoms with E-state index in [1.54, 1.807) is 24.3 Å². The lowest BCUT2D eigenvalue weighted by atomic mass is 10.1. The first kappa shape index (κ1) is 18.6. The second-order valence-corrected chi connectivity index (χ2v) is 5.87. The van der Waals surface area contributed by atoms with Gasteiger partial charge < -0.3 is 30.8 Å². The second-order valence-electron chi connectivity index (χ2n) is 5.87. The highest BCUT2D eigenvalue weighted by Gasteiger charge is 2.12. The minimum absolute atomic E-state index is 0.00753. The Balaban J connectivity index is 1.80. The number of carbonyl (C=O) groups is 1. The molecule has 0 spiro atoms. The molecule has 6 N–H and O–H groups in total. The summed E-state index contributed by atoms with van der Waals surface area (Å²) in [5, 5.41) is 50.5. The molecule has 3 aromatic carbocycles. The van der Waals surface area contributed by atoms with Crippen LogP contribution in [-0.2, 0) is 0 Å². The summed E-state index contributed by atoms with van der Waals surface area (Å²) < 4.78 is 0. The zero-order chi connectivity index (χ0) is 20.3. The Kier molecular flexibility index (Phi) is 5.03. The van der Waals surface area contributed by atoms with Crippen molar-refractivity contribution in [2.45, 2.75) is 0 Å². The fourth-order valence-electron chi connectivity index (χ4n) is 2.44. The highest BCUT2D eigenvalue weighted by molar-refractivity contribution is 6.06. The summed E-state index contributed by atoms with van der Waals surface area (Å²) in [6, 6.07) is 12.3. The predicted octanol–water partition coefficient (Wildman–Crippen LogP) is 3.22. The summed E-state index contributed by atoms with van der Waals surface area (Å²) >= 11 is 0. The van der Waals surface area contributed by atoms with Crippen LogP contribution < -0.4 is 5.32 Å². The number of aliphatic imine (C=N–C) groups is 1. The summed E-state index contributed by atoms with van der Waals surface area (Å²) in [7, 11) is 0. The van der Waals surface area contributed by atoms with Gasteiger partial charge in [-0.25, -0.2) is 0 Å². The summed E-state index contributed by atoms with van der Waals surface area (Å²) in [4.78, 5) is 16.4. The Morgan fingerprint density at radius 1 is 0.857 bits per heavy atom. The average molecular weight is 380 g/mol. The van der Waals surface area contributed by atoms with E-state index < -0.39 is 17.4 Å². The zero-order valence-electron chi connectivity index (χ0n) is 14.4. The van der Waals surface area contributed by atoms with Gasteiger partial charge in [0.05, 0.1) is 11.3 Å². The van der Waals surface area contributed by atoms with Crippen molar-refractivity contribution < 1.29 is 30.3 Å². The Hall–Kier alpha value is -4.20. The van der Waals surface area contributed by atoms with Gasteiger partial charge in [0.15, 0.2) is 11.5 Å². The number of nitrogens with one attached hydrogen (secondary N) is 1. The molecular formula is C20H16N2O6. The summed E-state index contributed by atoms with van der Waals surface area (Å²) in [5.41, 5.74) is 0.929. The van der Waals surface area contributed by atoms with E-state index >= 15 is 0 Å². The number of carbonyl (C=O) groups excluding carboxylic acids is 1. The maximum absolute atomic E-state index is 12.3. The molecule has 3 aromatic rings. The van der Waals surface area contributed by atoms with E-state index in [-0.39, 0.29) is 28.4 Å². The third-order valence-electron chi connectivity index (χ3n) is 3.79. The molecule has 0 unspecified atom stereocenters. The third kappa shape index (κ3) is 4.13. The Morgan fingerprint density at radius 3 is 2.36 bits per heavy atom. The van der Waals surface area contributed by atoms with Crippen LogP contribution in [0, 0.1) is 0 Å². The molecule has 0 fully saturated rings. The van der Waals surface area contributed by atoms with Crippen molar-refractivity contribution >= 4 is 23.5 Å². The molecule has 28 heavy (non-hydrogen) atoms. The van der Waals surface area contributed by atoms with Gasteiger partial charge in [-0.2, -0.15) is 0 Å². The van der Waals surface area contributed by atoms with Gasteiger partial charge in [-0.15, -0.1) is 0 Å². The SMILES string of the molecule is O=C(Nc1cccc(N=Cc2cc(O)cc(O)c2O)c1)c1ccc(O)cc1O. The standard InChI is InChI=1S/C20H16N2O6/c23-14-4-5-16(17(25)8-14)20(28)22-13-3-1-2-12(7-13)21-10-11-6-15(24)9-18(26)19(11)27/h1-10,23-27H,(H,22,28). The molecule has 0 aliphatic heterocycles. The lowest BCUT2D eigenvalue weighted by Gasteiger charge is -2.08. The Bertz CT molecular complexity index is 1080. The van der Waals surface area contributed by atoms with Crippen molar-refractivity contribution in [3.8, 4) is 28.7 Å². The van der Waals surface area contributed by atoms with E-state index in [4.69, 9.17) is 0 Å². The molecule has 1 amide bonds. The van der Waals surface area contributed by atoms with Crippen LogP contribution in [0.25, 0.3) is 0 Å². The molecule has 3 rings (SSSR count). The van der Waals surface area contributed by atoms with Crippen molar-refractivity contribution in [3.63, 3.8) is 0 Å². The molecule has 0 aromatic heterocycles. The normalized spacial score (nSPS) is 10.9. The molecule has 8 heteroatoms. The first-order valence-electron chi connectivity index (χ1n) is 8.06. The summed E-state index contributed by atoms with van der Waals surface area (Å²) in [6.07, 6.45) is 1.25. The van der Waals surface area contributed by atoms with Crippen LogP contribution in [0.2, 0.25) is 0 Å². The van der Waals surface area contributed by atoms with E-state index in [0.717, 1.165) is 12.1 Å². The van der Waals surface area contributed by atoms with Crippen molar-refractivity contribution in [1.29, 1.82) is 0 Å². The molecule has 0 saturated heterocycles. The van der Waals surface area contributed by atoms with Gasteiger partial charge in [0.2, 0.25) is 0 Å². The predicted molar refractivity (Wildman–Crippen MR) is 103 cm³/mol. The highest BCUT2D eigenvalue weighted by Crippen LogP contribution is 2.32. The van der Waals surface area contributed by atoms with E-state index in [9.17, 15) is 30.3 Å².